The molecule has 4 rings (SSSR count). The third kappa shape index (κ3) is 5.70. The largest absolute Gasteiger partial charge is 0.497 e. The maximum absolute atomic E-state index is 15.4. The molecule has 0 spiro atoms. The van der Waals surface area contributed by atoms with Crippen LogP contribution in [0.1, 0.15) is 31.0 Å². The lowest BCUT2D eigenvalue weighted by atomic mass is 9.81. The number of carboxylic acids is 1. The van der Waals surface area contributed by atoms with Crippen LogP contribution in [0.4, 0.5) is 4.39 Å². The number of fused-ring (bicyclic) bond motifs is 1. The fraction of sp³-hybridized carbons (Fsp3) is 0.480. The van der Waals surface area contributed by atoms with Gasteiger partial charge in [0.25, 0.3) is 0 Å². The highest BCUT2D eigenvalue weighted by Crippen LogP contribution is 2.35. The number of carboxylic acid groups (broad SMARTS) is 1. The number of likely N-dealkylation sites (tertiary alicyclic amines) is 1. The van der Waals surface area contributed by atoms with Crippen LogP contribution in [0.15, 0.2) is 48.0 Å². The molecule has 1 aromatic carbocycles. The van der Waals surface area contributed by atoms with Crippen molar-refractivity contribution in [1.29, 1.82) is 0 Å². The van der Waals surface area contributed by atoms with Crippen LogP contribution in [-0.4, -0.2) is 63.0 Å². The molecule has 1 saturated heterocycles. The fourth-order valence-corrected chi connectivity index (χ4v) is 5.65. The molecule has 0 saturated carbocycles. The lowest BCUT2D eigenvalue weighted by Crippen LogP contribution is -2.44. The zero-order valence-corrected chi connectivity index (χ0v) is 20.4. The van der Waals surface area contributed by atoms with Crippen LogP contribution in [0.5, 0.6) is 5.75 Å². The number of piperidine rings is 1. The van der Waals surface area contributed by atoms with Crippen molar-refractivity contribution in [3.8, 4) is 5.75 Å². The predicted molar refractivity (Wildman–Crippen MR) is 131 cm³/mol. The number of aliphatic carboxylic acids is 1. The SMILES string of the molecule is COc1ccc2nccc([C@H](F)CC[C@@H]3CCN(CCSc4nccn4C)C[C@@H]3C(=O)O)c2c1. The lowest BCUT2D eigenvalue weighted by molar-refractivity contribution is -0.146. The highest BCUT2D eigenvalue weighted by atomic mass is 32.2. The maximum Gasteiger partial charge on any atom is 0.308 e. The Kier molecular flexibility index (Phi) is 8.05. The highest BCUT2D eigenvalue weighted by Gasteiger charge is 2.34. The van der Waals surface area contributed by atoms with Gasteiger partial charge in [-0.05, 0) is 61.6 Å². The molecular weight excluding hydrogens is 455 g/mol. The third-order valence-electron chi connectivity index (χ3n) is 6.68. The summed E-state index contributed by atoms with van der Waals surface area (Å²) >= 11 is 1.67. The van der Waals surface area contributed by atoms with Gasteiger partial charge in [0, 0.05) is 49.9 Å². The topological polar surface area (TPSA) is 80.5 Å². The van der Waals surface area contributed by atoms with Gasteiger partial charge in [0.2, 0.25) is 0 Å². The molecule has 0 unspecified atom stereocenters. The molecule has 9 heteroatoms. The molecule has 3 aromatic rings. The Morgan fingerprint density at radius 3 is 2.91 bits per heavy atom. The Morgan fingerprint density at radius 2 is 2.18 bits per heavy atom. The first kappa shape index (κ1) is 24.5. The van der Waals surface area contributed by atoms with Crippen molar-refractivity contribution in [2.45, 2.75) is 30.6 Å². The van der Waals surface area contributed by atoms with Crippen LogP contribution in [0.25, 0.3) is 10.9 Å². The Hall–Kier alpha value is -2.65. The van der Waals surface area contributed by atoms with Crippen molar-refractivity contribution in [1.82, 2.24) is 19.4 Å². The van der Waals surface area contributed by atoms with Crippen molar-refractivity contribution < 1.29 is 19.0 Å². The minimum absolute atomic E-state index is 0.0307. The van der Waals surface area contributed by atoms with Gasteiger partial charge in [-0.25, -0.2) is 9.37 Å². The van der Waals surface area contributed by atoms with E-state index in [1.54, 1.807) is 37.3 Å². The fourth-order valence-electron chi connectivity index (χ4n) is 4.72. The smallest absolute Gasteiger partial charge is 0.308 e. The number of hydrogen-bond acceptors (Lipinski definition) is 6. The van der Waals surface area contributed by atoms with E-state index in [0.717, 1.165) is 41.3 Å². The molecule has 2 aromatic heterocycles. The van der Waals surface area contributed by atoms with E-state index in [2.05, 4.69) is 14.9 Å². The van der Waals surface area contributed by atoms with E-state index in [-0.39, 0.29) is 5.92 Å². The second-order valence-corrected chi connectivity index (χ2v) is 9.85. The van der Waals surface area contributed by atoms with Crippen molar-refractivity contribution in [3.05, 3.63) is 48.4 Å². The van der Waals surface area contributed by atoms with E-state index in [1.165, 1.54) is 0 Å². The molecule has 34 heavy (non-hydrogen) atoms. The number of aromatic nitrogens is 3. The van der Waals surface area contributed by atoms with Crippen LogP contribution >= 0.6 is 11.8 Å². The Labute approximate surface area is 203 Å². The quantitative estimate of drug-likeness (QED) is 0.420. The van der Waals surface area contributed by atoms with Crippen LogP contribution < -0.4 is 4.74 Å². The predicted octanol–water partition coefficient (Wildman–Crippen LogP) is 4.58. The van der Waals surface area contributed by atoms with Gasteiger partial charge in [-0.15, -0.1) is 0 Å². The first-order valence-corrected chi connectivity index (χ1v) is 12.6. The normalized spacial score (nSPS) is 19.9. The minimum Gasteiger partial charge on any atom is -0.497 e. The molecule has 1 fully saturated rings. The summed E-state index contributed by atoms with van der Waals surface area (Å²) in [7, 11) is 3.55. The summed E-state index contributed by atoms with van der Waals surface area (Å²) in [5.41, 5.74) is 1.31. The van der Waals surface area contributed by atoms with E-state index >= 15 is 4.39 Å². The molecule has 1 aliphatic rings. The van der Waals surface area contributed by atoms with E-state index in [9.17, 15) is 9.90 Å². The van der Waals surface area contributed by atoms with Crippen LogP contribution in [-0.2, 0) is 11.8 Å². The van der Waals surface area contributed by atoms with Crippen molar-refractivity contribution in [2.75, 3.05) is 32.5 Å². The zero-order valence-electron chi connectivity index (χ0n) is 19.6. The monoisotopic (exact) mass is 486 g/mol. The van der Waals surface area contributed by atoms with Crippen molar-refractivity contribution in [2.24, 2.45) is 18.9 Å². The number of pyridine rings is 1. The maximum atomic E-state index is 15.4. The Bertz CT molecular complexity index is 1120. The summed E-state index contributed by atoms with van der Waals surface area (Å²) in [6, 6.07) is 7.16. The van der Waals surface area contributed by atoms with Crippen LogP contribution in [0, 0.1) is 11.8 Å². The molecular formula is C25H31FN4O3S. The third-order valence-corrected chi connectivity index (χ3v) is 7.72. The summed E-state index contributed by atoms with van der Waals surface area (Å²) in [6.07, 6.45) is 5.73. The highest BCUT2D eigenvalue weighted by molar-refractivity contribution is 7.99. The molecule has 7 nitrogen and oxygen atoms in total. The van der Waals surface area contributed by atoms with Gasteiger partial charge in [-0.2, -0.15) is 0 Å². The van der Waals surface area contributed by atoms with Gasteiger partial charge >= 0.3 is 5.97 Å². The van der Waals surface area contributed by atoms with Gasteiger partial charge < -0.3 is 19.3 Å². The second-order valence-electron chi connectivity index (χ2n) is 8.79. The Balaban J connectivity index is 1.34. The van der Waals surface area contributed by atoms with Crippen molar-refractivity contribution >= 4 is 28.6 Å². The number of carbonyl (C=O) groups is 1. The number of imidazole rings is 1. The number of hydrogen-bond donors (Lipinski definition) is 1. The van der Waals surface area contributed by atoms with Gasteiger partial charge in [-0.3, -0.25) is 9.78 Å². The minimum atomic E-state index is -1.18. The van der Waals surface area contributed by atoms with E-state index in [1.807, 2.05) is 36.0 Å². The molecule has 0 radical (unpaired) electrons. The molecule has 182 valence electrons. The number of halogens is 1. The first-order chi connectivity index (χ1) is 16.5. The number of nitrogens with zero attached hydrogens (tertiary/aromatic N) is 4. The van der Waals surface area contributed by atoms with Crippen molar-refractivity contribution in [3.63, 3.8) is 0 Å². The molecule has 1 N–H and O–H groups in total. The number of ether oxygens (including phenoxy) is 1. The summed E-state index contributed by atoms with van der Waals surface area (Å²) in [4.78, 5) is 22.9. The lowest BCUT2D eigenvalue weighted by Gasteiger charge is -2.36. The summed E-state index contributed by atoms with van der Waals surface area (Å²) in [5.74, 6) is 0.215. The average molecular weight is 487 g/mol. The van der Waals surface area contributed by atoms with E-state index in [4.69, 9.17) is 4.74 Å². The van der Waals surface area contributed by atoms with Gasteiger partial charge in [0.15, 0.2) is 5.16 Å². The molecule has 0 aliphatic carbocycles. The number of alkyl halides is 1. The zero-order chi connectivity index (χ0) is 24.1. The molecule has 0 amide bonds. The first-order valence-electron chi connectivity index (χ1n) is 11.6. The molecule has 3 heterocycles. The molecule has 3 atom stereocenters. The van der Waals surface area contributed by atoms with Gasteiger partial charge in [0.05, 0.1) is 18.5 Å². The summed E-state index contributed by atoms with van der Waals surface area (Å²) in [5, 5.41) is 11.6. The van der Waals surface area contributed by atoms with Gasteiger partial charge in [0.1, 0.15) is 11.9 Å². The van der Waals surface area contributed by atoms with Crippen LogP contribution in [0.2, 0.25) is 0 Å². The van der Waals surface area contributed by atoms with E-state index in [0.29, 0.717) is 30.7 Å². The second kappa shape index (κ2) is 11.2. The number of aryl methyl sites for hydroxylation is 1. The number of benzene rings is 1. The van der Waals surface area contributed by atoms with E-state index < -0.39 is 18.1 Å². The molecule has 1 aliphatic heterocycles. The Morgan fingerprint density at radius 1 is 1.32 bits per heavy atom. The molecule has 0 bridgehead atoms. The average Bonchev–Trinajstić information content (AvgIpc) is 3.26. The standard InChI is InChI=1S/C25H31FN4O3S/c1-29-12-10-28-25(29)34-14-13-30-11-8-17(21(16-30)24(31)32)3-5-22(26)19-7-9-27-23-6-4-18(33-2)15-20(19)23/h4,6-7,9-10,12,15,17,21-22H,3,5,8,11,13-14,16H2,1-2H3,(H,31,32)/t17-,21+,22-/m1/s1. The summed E-state index contributed by atoms with van der Waals surface area (Å²) in [6.45, 7) is 2.15. The number of methoxy groups -OCH3 is 1. The van der Waals surface area contributed by atoms with Gasteiger partial charge in [-0.1, -0.05) is 11.8 Å². The number of rotatable bonds is 10. The van der Waals surface area contributed by atoms with Crippen LogP contribution in [0.3, 0.4) is 0 Å². The summed E-state index contributed by atoms with van der Waals surface area (Å²) < 4.78 is 22.6. The number of thioether (sulfide) groups is 1.